The zero-order chi connectivity index (χ0) is 15.4. The molecular formula is C14H14N2O5. The normalized spacial score (nSPS) is 15.4. The predicted molar refractivity (Wildman–Crippen MR) is 71.5 cm³/mol. The number of ether oxygens (including phenoxy) is 1. The van der Waals surface area contributed by atoms with Crippen LogP contribution in [0, 0.1) is 5.92 Å². The first-order valence-corrected chi connectivity index (χ1v) is 6.32. The summed E-state index contributed by atoms with van der Waals surface area (Å²) in [6.45, 7) is 0. The van der Waals surface area contributed by atoms with Crippen LogP contribution < -0.4 is 15.4 Å². The van der Waals surface area contributed by atoms with Gasteiger partial charge in [0.15, 0.2) is 11.7 Å². The van der Waals surface area contributed by atoms with Crippen molar-refractivity contribution < 1.29 is 23.9 Å². The summed E-state index contributed by atoms with van der Waals surface area (Å²) in [4.78, 5) is 46.0. The van der Waals surface area contributed by atoms with Crippen molar-refractivity contribution in [1.29, 1.82) is 0 Å². The average Bonchev–Trinajstić information content (AvgIpc) is 2.44. The van der Waals surface area contributed by atoms with Gasteiger partial charge in [-0.15, -0.1) is 0 Å². The zero-order valence-electron chi connectivity index (χ0n) is 11.3. The Balaban J connectivity index is 1.99. The molecule has 2 rings (SSSR count). The van der Waals surface area contributed by atoms with Gasteiger partial charge in [-0.2, -0.15) is 0 Å². The summed E-state index contributed by atoms with van der Waals surface area (Å²) in [7, 11) is 1.54. The molecule has 0 radical (unpaired) electrons. The third-order valence-electron chi connectivity index (χ3n) is 3.11. The van der Waals surface area contributed by atoms with Crippen LogP contribution in [0.5, 0.6) is 5.75 Å². The highest BCUT2D eigenvalue weighted by molar-refractivity contribution is 6.26. The number of carbonyl (C=O) groups is 4. The molecule has 7 heteroatoms. The fourth-order valence-corrected chi connectivity index (χ4v) is 2.05. The first kappa shape index (κ1) is 14.7. The Kier molecular flexibility index (Phi) is 4.32. The number of ketones is 1. The molecule has 1 aliphatic rings. The van der Waals surface area contributed by atoms with Crippen molar-refractivity contribution in [1.82, 2.24) is 10.6 Å². The number of urea groups is 1. The van der Waals surface area contributed by atoms with E-state index in [2.05, 4.69) is 0 Å². The Morgan fingerprint density at radius 1 is 1.19 bits per heavy atom. The number of barbiturate groups is 1. The smallest absolute Gasteiger partial charge is 0.328 e. The number of hydrogen-bond acceptors (Lipinski definition) is 5. The first-order valence-electron chi connectivity index (χ1n) is 6.32. The van der Waals surface area contributed by atoms with Gasteiger partial charge in [0.25, 0.3) is 0 Å². The lowest BCUT2D eigenvalue weighted by Gasteiger charge is -2.19. The molecule has 1 fully saturated rings. The molecule has 2 N–H and O–H groups in total. The maximum absolute atomic E-state index is 12.0. The number of carbonyl (C=O) groups excluding carboxylic acids is 4. The second-order valence-corrected chi connectivity index (χ2v) is 4.56. The van der Waals surface area contributed by atoms with Crippen molar-refractivity contribution in [3.05, 3.63) is 29.8 Å². The van der Waals surface area contributed by atoms with Crippen LogP contribution in [-0.2, 0) is 20.8 Å². The van der Waals surface area contributed by atoms with Gasteiger partial charge in [-0.25, -0.2) is 4.79 Å². The van der Waals surface area contributed by atoms with Gasteiger partial charge < -0.3 is 4.74 Å². The second-order valence-electron chi connectivity index (χ2n) is 4.56. The van der Waals surface area contributed by atoms with Gasteiger partial charge in [0, 0.05) is 6.42 Å². The molecule has 1 aromatic carbocycles. The van der Waals surface area contributed by atoms with E-state index >= 15 is 0 Å². The topological polar surface area (TPSA) is 102 Å². The molecule has 1 saturated heterocycles. The molecule has 0 atom stereocenters. The number of aryl methyl sites for hydroxylation is 1. The van der Waals surface area contributed by atoms with Gasteiger partial charge in [0.2, 0.25) is 11.8 Å². The van der Waals surface area contributed by atoms with E-state index in [9.17, 15) is 19.2 Å². The van der Waals surface area contributed by atoms with Gasteiger partial charge in [-0.3, -0.25) is 25.0 Å². The van der Waals surface area contributed by atoms with Gasteiger partial charge in [0.05, 0.1) is 7.11 Å². The highest BCUT2D eigenvalue weighted by Gasteiger charge is 2.39. The minimum Gasteiger partial charge on any atom is -0.497 e. The Morgan fingerprint density at radius 2 is 1.86 bits per heavy atom. The molecule has 0 unspecified atom stereocenters. The number of Topliss-reactive ketones (excluding diaryl/α,β-unsaturated/α-hetero) is 1. The Hall–Kier alpha value is -2.70. The van der Waals surface area contributed by atoms with E-state index in [1.165, 1.54) is 7.11 Å². The van der Waals surface area contributed by atoms with Crippen LogP contribution in [0.1, 0.15) is 12.0 Å². The number of rotatable bonds is 5. The SMILES string of the molecule is COc1cccc(CCC(=O)C2C(=O)NC(=O)NC2=O)c1. The van der Waals surface area contributed by atoms with Crippen LogP contribution in [0.4, 0.5) is 4.79 Å². The van der Waals surface area contributed by atoms with E-state index in [4.69, 9.17) is 4.74 Å². The van der Waals surface area contributed by atoms with Crippen molar-refractivity contribution in [2.75, 3.05) is 7.11 Å². The van der Waals surface area contributed by atoms with Gasteiger partial charge >= 0.3 is 6.03 Å². The van der Waals surface area contributed by atoms with Crippen LogP contribution in [-0.4, -0.2) is 30.7 Å². The highest BCUT2D eigenvalue weighted by atomic mass is 16.5. The lowest BCUT2D eigenvalue weighted by Crippen LogP contribution is -2.57. The Morgan fingerprint density at radius 3 is 2.48 bits per heavy atom. The lowest BCUT2D eigenvalue weighted by atomic mass is 9.95. The van der Waals surface area contributed by atoms with E-state index in [1.807, 2.05) is 16.7 Å². The first-order chi connectivity index (χ1) is 10.0. The van der Waals surface area contributed by atoms with E-state index in [1.54, 1.807) is 18.2 Å². The second kappa shape index (κ2) is 6.17. The molecule has 7 nitrogen and oxygen atoms in total. The van der Waals surface area contributed by atoms with Crippen LogP contribution in [0.15, 0.2) is 24.3 Å². The quantitative estimate of drug-likeness (QED) is 0.753. The molecule has 1 aromatic rings. The monoisotopic (exact) mass is 290 g/mol. The van der Waals surface area contributed by atoms with Crippen LogP contribution in [0.3, 0.4) is 0 Å². The third-order valence-corrected chi connectivity index (χ3v) is 3.11. The predicted octanol–water partition coefficient (Wildman–Crippen LogP) is 0.179. The van der Waals surface area contributed by atoms with Crippen molar-refractivity contribution in [2.45, 2.75) is 12.8 Å². The third kappa shape index (κ3) is 3.44. The summed E-state index contributed by atoms with van der Waals surface area (Å²) in [6, 6.07) is 6.26. The number of imide groups is 2. The lowest BCUT2D eigenvalue weighted by molar-refractivity contribution is -0.142. The number of nitrogens with one attached hydrogen (secondary N) is 2. The summed E-state index contributed by atoms with van der Waals surface area (Å²) in [5.74, 6) is -3.08. The standard InChI is InChI=1S/C14H14N2O5/c1-21-9-4-2-3-8(7-9)5-6-10(17)11-12(18)15-14(20)16-13(11)19/h2-4,7,11H,5-6H2,1H3,(H2,15,16,18,19,20). The summed E-state index contributed by atoms with van der Waals surface area (Å²) in [5, 5.41) is 3.81. The van der Waals surface area contributed by atoms with Crippen molar-refractivity contribution in [2.24, 2.45) is 5.92 Å². The fraction of sp³-hybridized carbons (Fsp3) is 0.286. The van der Waals surface area contributed by atoms with E-state index < -0.39 is 29.5 Å². The van der Waals surface area contributed by atoms with E-state index in [-0.39, 0.29) is 6.42 Å². The molecule has 1 aliphatic heterocycles. The minimum atomic E-state index is -1.46. The maximum Gasteiger partial charge on any atom is 0.328 e. The summed E-state index contributed by atoms with van der Waals surface area (Å²) in [6.07, 6.45) is 0.397. The summed E-state index contributed by atoms with van der Waals surface area (Å²) < 4.78 is 5.07. The molecule has 1 heterocycles. The molecule has 0 spiro atoms. The van der Waals surface area contributed by atoms with Gasteiger partial charge in [-0.1, -0.05) is 12.1 Å². The summed E-state index contributed by atoms with van der Waals surface area (Å²) in [5.41, 5.74) is 0.857. The highest BCUT2D eigenvalue weighted by Crippen LogP contribution is 2.15. The van der Waals surface area contributed by atoms with Crippen molar-refractivity contribution in [3.63, 3.8) is 0 Å². The molecule has 21 heavy (non-hydrogen) atoms. The molecule has 110 valence electrons. The van der Waals surface area contributed by atoms with Crippen LogP contribution >= 0.6 is 0 Å². The molecular weight excluding hydrogens is 276 g/mol. The number of methoxy groups -OCH3 is 1. The largest absolute Gasteiger partial charge is 0.497 e. The number of amides is 4. The average molecular weight is 290 g/mol. The number of benzene rings is 1. The van der Waals surface area contributed by atoms with Crippen molar-refractivity contribution in [3.8, 4) is 5.75 Å². The van der Waals surface area contributed by atoms with E-state index in [0.29, 0.717) is 12.2 Å². The van der Waals surface area contributed by atoms with E-state index in [0.717, 1.165) is 5.56 Å². The van der Waals surface area contributed by atoms with Crippen LogP contribution in [0.25, 0.3) is 0 Å². The Bertz CT molecular complexity index is 591. The molecule has 4 amide bonds. The number of hydrogen-bond donors (Lipinski definition) is 2. The van der Waals surface area contributed by atoms with Crippen molar-refractivity contribution >= 4 is 23.6 Å². The van der Waals surface area contributed by atoms with Crippen LogP contribution in [0.2, 0.25) is 0 Å². The Labute approximate surface area is 120 Å². The van der Waals surface area contributed by atoms with Gasteiger partial charge in [0.1, 0.15) is 5.75 Å². The molecule has 0 saturated carbocycles. The summed E-state index contributed by atoms with van der Waals surface area (Å²) >= 11 is 0. The fourth-order valence-electron chi connectivity index (χ4n) is 2.05. The maximum atomic E-state index is 12.0. The zero-order valence-corrected chi connectivity index (χ0v) is 11.3. The van der Waals surface area contributed by atoms with Gasteiger partial charge in [-0.05, 0) is 24.1 Å². The molecule has 0 bridgehead atoms. The molecule has 0 aromatic heterocycles. The minimum absolute atomic E-state index is 0.0207. The molecule has 0 aliphatic carbocycles.